The first-order valence-electron chi connectivity index (χ1n) is 3.78. The zero-order valence-electron chi connectivity index (χ0n) is 6.67. The van der Waals surface area contributed by atoms with Crippen LogP contribution in [0.5, 0.6) is 0 Å². The Hall–Kier alpha value is -0.570. The highest BCUT2D eigenvalue weighted by molar-refractivity contribution is 7.56. The largest absolute Gasteiger partial charge is 0.328 e. The van der Waals surface area contributed by atoms with E-state index in [9.17, 15) is 8.78 Å². The van der Waals surface area contributed by atoms with Crippen LogP contribution < -0.4 is 5.30 Å². The van der Waals surface area contributed by atoms with E-state index in [1.807, 2.05) is 0 Å². The zero-order chi connectivity index (χ0) is 9.26. The number of hydrogen-bond acceptors (Lipinski definition) is 2. The van der Waals surface area contributed by atoms with Gasteiger partial charge in [-0.2, -0.15) is 0 Å². The molecule has 1 aliphatic rings. The van der Waals surface area contributed by atoms with Crippen LogP contribution in [0.2, 0.25) is 0 Å². The summed E-state index contributed by atoms with van der Waals surface area (Å²) in [6, 6.07) is 3.30. The third-order valence-corrected chi connectivity index (χ3v) is 3.07. The maximum absolute atomic E-state index is 12.7. The average molecular weight is 204 g/mol. The Kier molecular flexibility index (Phi) is 2.54. The van der Waals surface area contributed by atoms with Crippen molar-refractivity contribution in [2.24, 2.45) is 0 Å². The monoisotopic (exact) mass is 204 g/mol. The first kappa shape index (κ1) is 9.00. The molecule has 0 N–H and O–H groups in total. The van der Waals surface area contributed by atoms with Crippen molar-refractivity contribution in [3.05, 3.63) is 29.8 Å². The third-order valence-electron chi connectivity index (χ3n) is 1.56. The Balaban J connectivity index is 2.28. The van der Waals surface area contributed by atoms with Crippen molar-refractivity contribution in [2.45, 2.75) is 0 Å². The second kappa shape index (κ2) is 3.66. The molecule has 0 radical (unpaired) electrons. The van der Waals surface area contributed by atoms with Gasteiger partial charge in [-0.05, 0) is 12.1 Å². The van der Waals surface area contributed by atoms with Crippen LogP contribution in [0.3, 0.4) is 0 Å². The summed E-state index contributed by atoms with van der Waals surface area (Å²) in [5, 5.41) is 0.449. The summed E-state index contributed by atoms with van der Waals surface area (Å²) < 4.78 is 35.8. The number of halogens is 2. The van der Waals surface area contributed by atoms with Gasteiger partial charge >= 0.3 is 0 Å². The quantitative estimate of drug-likeness (QED) is 0.651. The van der Waals surface area contributed by atoms with Gasteiger partial charge in [-0.3, -0.25) is 0 Å². The molecule has 0 atom stereocenters. The summed E-state index contributed by atoms with van der Waals surface area (Å²) in [7, 11) is -1.25. The molecule has 70 valence electrons. The van der Waals surface area contributed by atoms with E-state index >= 15 is 0 Å². The highest BCUT2D eigenvalue weighted by Crippen LogP contribution is 2.41. The number of hydrogen-bond donors (Lipinski definition) is 0. The molecule has 2 rings (SSSR count). The van der Waals surface area contributed by atoms with Crippen molar-refractivity contribution in [2.75, 3.05) is 13.2 Å². The van der Waals surface area contributed by atoms with E-state index in [1.54, 1.807) is 0 Å². The van der Waals surface area contributed by atoms with Crippen molar-refractivity contribution in [3.63, 3.8) is 0 Å². The van der Waals surface area contributed by atoms with Gasteiger partial charge < -0.3 is 9.05 Å². The van der Waals surface area contributed by atoms with Crippen LogP contribution in [0.4, 0.5) is 8.78 Å². The summed E-state index contributed by atoms with van der Waals surface area (Å²) in [6.07, 6.45) is 0. The molecule has 1 fully saturated rings. The van der Waals surface area contributed by atoms with Gasteiger partial charge in [0.05, 0.1) is 13.2 Å². The van der Waals surface area contributed by atoms with Gasteiger partial charge in [-0.25, -0.2) is 8.78 Å². The van der Waals surface area contributed by atoms with Crippen molar-refractivity contribution in [3.8, 4) is 0 Å². The van der Waals surface area contributed by atoms with Gasteiger partial charge in [0.25, 0.3) is 0 Å². The van der Waals surface area contributed by atoms with E-state index in [-0.39, 0.29) is 0 Å². The van der Waals surface area contributed by atoms with Crippen molar-refractivity contribution < 1.29 is 17.8 Å². The van der Waals surface area contributed by atoms with Crippen LogP contribution in [-0.2, 0) is 9.05 Å². The molecule has 13 heavy (non-hydrogen) atoms. The summed E-state index contributed by atoms with van der Waals surface area (Å²) in [4.78, 5) is 0. The minimum atomic E-state index is -1.25. The minimum absolute atomic E-state index is 0.449. The van der Waals surface area contributed by atoms with Crippen molar-refractivity contribution in [1.29, 1.82) is 0 Å². The second-order valence-corrected chi connectivity index (χ2v) is 4.10. The predicted octanol–water partition coefficient (Wildman–Crippen LogP) is 1.95. The molecule has 0 unspecified atom stereocenters. The Morgan fingerprint density at radius 1 is 1.00 bits per heavy atom. The first-order valence-corrected chi connectivity index (χ1v) is 4.95. The van der Waals surface area contributed by atoms with E-state index in [0.717, 1.165) is 6.07 Å². The van der Waals surface area contributed by atoms with Gasteiger partial charge in [-0.1, -0.05) is 0 Å². The Bertz CT molecular complexity index is 293. The molecule has 0 spiro atoms. The van der Waals surface area contributed by atoms with Crippen molar-refractivity contribution in [1.82, 2.24) is 0 Å². The SMILES string of the molecule is Fc1cc(F)cc(P2OCCO2)c1. The normalized spacial score (nSPS) is 18.0. The molecule has 1 heterocycles. The molecule has 1 saturated heterocycles. The fraction of sp³-hybridized carbons (Fsp3) is 0.250. The molecule has 1 aromatic rings. The lowest BCUT2D eigenvalue weighted by atomic mass is 10.3. The van der Waals surface area contributed by atoms with E-state index in [4.69, 9.17) is 9.05 Å². The fourth-order valence-corrected chi connectivity index (χ4v) is 2.38. The van der Waals surface area contributed by atoms with E-state index < -0.39 is 20.0 Å². The molecule has 0 amide bonds. The third kappa shape index (κ3) is 2.02. The zero-order valence-corrected chi connectivity index (χ0v) is 7.56. The number of rotatable bonds is 1. The summed E-state index contributed by atoms with van der Waals surface area (Å²) in [5.74, 6) is -1.20. The minimum Gasteiger partial charge on any atom is -0.328 e. The molecule has 5 heteroatoms. The van der Waals surface area contributed by atoms with Gasteiger partial charge in [0.15, 0.2) is 0 Å². The molecule has 0 aromatic heterocycles. The molecule has 0 aliphatic carbocycles. The van der Waals surface area contributed by atoms with Crippen LogP contribution in [0.1, 0.15) is 0 Å². The lowest BCUT2D eigenvalue weighted by molar-refractivity contribution is 0.365. The second-order valence-electron chi connectivity index (χ2n) is 2.55. The standard InChI is InChI=1S/C8H7F2O2P/c9-6-3-7(10)5-8(4-6)13-11-1-2-12-13/h3-5H,1-2H2. The van der Waals surface area contributed by atoms with E-state index in [1.165, 1.54) is 12.1 Å². The molecule has 2 nitrogen and oxygen atoms in total. The highest BCUT2D eigenvalue weighted by atomic mass is 31.2. The highest BCUT2D eigenvalue weighted by Gasteiger charge is 2.20. The Labute approximate surface area is 75.4 Å². The molecular formula is C8H7F2O2P. The van der Waals surface area contributed by atoms with Gasteiger partial charge in [-0.15, -0.1) is 0 Å². The average Bonchev–Trinajstić information content (AvgIpc) is 2.53. The van der Waals surface area contributed by atoms with Crippen LogP contribution in [0.15, 0.2) is 18.2 Å². The lowest BCUT2D eigenvalue weighted by Gasteiger charge is -2.07. The van der Waals surface area contributed by atoms with Gasteiger partial charge in [0, 0.05) is 11.4 Å². The predicted molar refractivity (Wildman–Crippen MR) is 44.8 cm³/mol. The maximum Gasteiger partial charge on any atom is 0.205 e. The first-order chi connectivity index (χ1) is 6.25. The van der Waals surface area contributed by atoms with Crippen LogP contribution in [0, 0.1) is 11.6 Å². The molecular weight excluding hydrogens is 197 g/mol. The van der Waals surface area contributed by atoms with Crippen molar-refractivity contribution >= 4 is 13.7 Å². The summed E-state index contributed by atoms with van der Waals surface area (Å²) in [6.45, 7) is 0.980. The van der Waals surface area contributed by atoms with Crippen LogP contribution in [0.25, 0.3) is 0 Å². The molecule has 0 bridgehead atoms. The maximum atomic E-state index is 12.7. The van der Waals surface area contributed by atoms with E-state index in [2.05, 4.69) is 0 Å². The molecule has 1 aromatic carbocycles. The Morgan fingerprint density at radius 3 is 2.08 bits per heavy atom. The Morgan fingerprint density at radius 2 is 1.54 bits per heavy atom. The van der Waals surface area contributed by atoms with E-state index in [0.29, 0.717) is 18.5 Å². The number of benzene rings is 1. The molecule has 1 aliphatic heterocycles. The van der Waals surface area contributed by atoms with Crippen LogP contribution in [-0.4, -0.2) is 13.2 Å². The van der Waals surface area contributed by atoms with Gasteiger partial charge in [0.2, 0.25) is 8.38 Å². The lowest BCUT2D eigenvalue weighted by Crippen LogP contribution is -2.03. The fourth-order valence-electron chi connectivity index (χ4n) is 1.07. The van der Waals surface area contributed by atoms with Crippen LogP contribution >= 0.6 is 8.38 Å². The summed E-state index contributed by atoms with van der Waals surface area (Å²) in [5.41, 5.74) is 0. The summed E-state index contributed by atoms with van der Waals surface area (Å²) >= 11 is 0. The molecule has 0 saturated carbocycles. The smallest absolute Gasteiger partial charge is 0.205 e. The van der Waals surface area contributed by atoms with Gasteiger partial charge in [0.1, 0.15) is 11.6 Å². The topological polar surface area (TPSA) is 18.5 Å².